The molecular formula is C19H23N3O4. The van der Waals surface area contributed by atoms with Crippen LogP contribution in [-0.2, 0) is 0 Å². The molecule has 0 aliphatic rings. The van der Waals surface area contributed by atoms with Crippen molar-refractivity contribution in [1.82, 2.24) is 15.6 Å². The van der Waals surface area contributed by atoms with E-state index in [9.17, 15) is 9.59 Å². The molecule has 2 rings (SSSR count). The van der Waals surface area contributed by atoms with Crippen molar-refractivity contribution in [3.63, 3.8) is 0 Å². The molecule has 1 aromatic carbocycles. The van der Waals surface area contributed by atoms with Crippen LogP contribution in [0, 0.1) is 0 Å². The topological polar surface area (TPSA) is 89.5 Å². The van der Waals surface area contributed by atoms with Crippen LogP contribution in [0.1, 0.15) is 34.7 Å². The largest absolute Gasteiger partial charge is 0.497 e. The van der Waals surface area contributed by atoms with Gasteiger partial charge in [0.05, 0.1) is 13.7 Å². The minimum atomic E-state index is -0.359. The molecule has 2 N–H and O–H groups in total. The van der Waals surface area contributed by atoms with E-state index in [1.165, 1.54) is 12.3 Å². The minimum Gasteiger partial charge on any atom is -0.497 e. The van der Waals surface area contributed by atoms with E-state index in [-0.39, 0.29) is 23.6 Å². The Balaban J connectivity index is 1.82. The molecule has 2 amide bonds. The number of nitrogens with one attached hydrogen (secondary N) is 2. The van der Waals surface area contributed by atoms with Crippen LogP contribution in [0.25, 0.3) is 0 Å². The molecule has 26 heavy (non-hydrogen) atoms. The second kappa shape index (κ2) is 9.41. The van der Waals surface area contributed by atoms with Gasteiger partial charge in [-0.2, -0.15) is 0 Å². The quantitative estimate of drug-likeness (QED) is 0.706. The number of nitrogens with zero attached hydrogens (tertiary/aromatic N) is 1. The minimum absolute atomic E-state index is 0.0167. The standard InChI is InChI=1S/C19H23N3O4/c1-13(2)22-18(23)14-8-9-20-17(12-14)19(24)21-10-11-26-16-6-4-15(25-3)5-7-16/h4-9,12-13H,10-11H2,1-3H3,(H,21,24)(H,22,23). The predicted molar refractivity (Wildman–Crippen MR) is 97.7 cm³/mol. The Kier molecular flexibility index (Phi) is 6.96. The molecule has 0 spiro atoms. The van der Waals surface area contributed by atoms with E-state index in [2.05, 4.69) is 15.6 Å². The van der Waals surface area contributed by atoms with Crippen LogP contribution in [0.5, 0.6) is 11.5 Å². The Morgan fingerprint density at radius 3 is 2.42 bits per heavy atom. The summed E-state index contributed by atoms with van der Waals surface area (Å²) in [5.74, 6) is 0.838. The van der Waals surface area contributed by atoms with Crippen molar-refractivity contribution >= 4 is 11.8 Å². The van der Waals surface area contributed by atoms with Gasteiger partial charge < -0.3 is 20.1 Å². The second-order valence-electron chi connectivity index (χ2n) is 5.84. The first-order valence-corrected chi connectivity index (χ1v) is 8.31. The zero-order valence-electron chi connectivity index (χ0n) is 15.1. The number of ether oxygens (including phenoxy) is 2. The third-order valence-corrected chi connectivity index (χ3v) is 3.39. The maximum atomic E-state index is 12.2. The van der Waals surface area contributed by atoms with E-state index in [0.29, 0.717) is 24.5 Å². The lowest BCUT2D eigenvalue weighted by atomic mass is 10.2. The first kappa shape index (κ1) is 19.2. The summed E-state index contributed by atoms with van der Waals surface area (Å²) in [7, 11) is 1.60. The maximum Gasteiger partial charge on any atom is 0.270 e. The average molecular weight is 357 g/mol. The summed E-state index contributed by atoms with van der Waals surface area (Å²) in [6, 6.07) is 10.2. The molecule has 1 aromatic heterocycles. The molecule has 0 fully saturated rings. The van der Waals surface area contributed by atoms with Gasteiger partial charge in [-0.3, -0.25) is 14.6 Å². The number of amides is 2. The van der Waals surface area contributed by atoms with Gasteiger partial charge in [-0.1, -0.05) is 0 Å². The molecule has 138 valence electrons. The Labute approximate surface area is 152 Å². The number of aromatic nitrogens is 1. The van der Waals surface area contributed by atoms with E-state index in [1.54, 1.807) is 37.4 Å². The van der Waals surface area contributed by atoms with Crippen molar-refractivity contribution in [1.29, 1.82) is 0 Å². The van der Waals surface area contributed by atoms with E-state index < -0.39 is 0 Å². The second-order valence-corrected chi connectivity index (χ2v) is 5.84. The average Bonchev–Trinajstić information content (AvgIpc) is 2.65. The number of carbonyl (C=O) groups is 2. The highest BCUT2D eigenvalue weighted by molar-refractivity contribution is 5.98. The summed E-state index contributed by atoms with van der Waals surface area (Å²) in [6.45, 7) is 4.37. The van der Waals surface area contributed by atoms with Crippen LogP contribution in [0.15, 0.2) is 42.6 Å². The van der Waals surface area contributed by atoms with Gasteiger partial charge in [0.1, 0.15) is 23.8 Å². The van der Waals surface area contributed by atoms with Gasteiger partial charge in [0, 0.05) is 17.8 Å². The molecule has 2 aromatic rings. The summed E-state index contributed by atoms with van der Waals surface area (Å²) >= 11 is 0. The smallest absolute Gasteiger partial charge is 0.270 e. The third-order valence-electron chi connectivity index (χ3n) is 3.39. The lowest BCUT2D eigenvalue weighted by molar-refractivity contribution is 0.0942. The van der Waals surface area contributed by atoms with Gasteiger partial charge in [0.15, 0.2) is 0 Å². The molecule has 0 aliphatic heterocycles. The molecular weight excluding hydrogens is 334 g/mol. The van der Waals surface area contributed by atoms with Crippen molar-refractivity contribution in [2.45, 2.75) is 19.9 Å². The van der Waals surface area contributed by atoms with Gasteiger partial charge in [-0.15, -0.1) is 0 Å². The molecule has 0 aliphatic carbocycles. The number of pyridine rings is 1. The highest BCUT2D eigenvalue weighted by Crippen LogP contribution is 2.16. The normalized spacial score (nSPS) is 10.3. The summed E-state index contributed by atoms with van der Waals surface area (Å²) in [4.78, 5) is 28.2. The fourth-order valence-corrected chi connectivity index (χ4v) is 2.14. The van der Waals surface area contributed by atoms with Gasteiger partial charge in [-0.05, 0) is 50.2 Å². The van der Waals surface area contributed by atoms with Crippen molar-refractivity contribution in [2.24, 2.45) is 0 Å². The van der Waals surface area contributed by atoms with Gasteiger partial charge in [0.25, 0.3) is 11.8 Å². The zero-order chi connectivity index (χ0) is 18.9. The fourth-order valence-electron chi connectivity index (χ4n) is 2.14. The first-order chi connectivity index (χ1) is 12.5. The molecule has 1 heterocycles. The SMILES string of the molecule is COc1ccc(OCCNC(=O)c2cc(C(=O)NC(C)C)ccn2)cc1. The van der Waals surface area contributed by atoms with Crippen LogP contribution < -0.4 is 20.1 Å². The Hall–Kier alpha value is -3.09. The van der Waals surface area contributed by atoms with E-state index in [1.807, 2.05) is 13.8 Å². The lowest BCUT2D eigenvalue weighted by Gasteiger charge is -2.10. The highest BCUT2D eigenvalue weighted by Gasteiger charge is 2.12. The molecule has 0 atom stereocenters. The molecule has 0 saturated carbocycles. The van der Waals surface area contributed by atoms with Crippen molar-refractivity contribution in [2.75, 3.05) is 20.3 Å². The predicted octanol–water partition coefficient (Wildman–Crippen LogP) is 2.04. The highest BCUT2D eigenvalue weighted by atomic mass is 16.5. The van der Waals surface area contributed by atoms with Crippen LogP contribution in [0.4, 0.5) is 0 Å². The van der Waals surface area contributed by atoms with Gasteiger partial charge in [0.2, 0.25) is 0 Å². The van der Waals surface area contributed by atoms with Crippen molar-refractivity contribution in [3.8, 4) is 11.5 Å². The molecule has 0 bridgehead atoms. The summed E-state index contributed by atoms with van der Waals surface area (Å²) in [5, 5.41) is 5.49. The zero-order valence-corrected chi connectivity index (χ0v) is 15.1. The van der Waals surface area contributed by atoms with Crippen molar-refractivity contribution < 1.29 is 19.1 Å². The van der Waals surface area contributed by atoms with Crippen LogP contribution >= 0.6 is 0 Å². The first-order valence-electron chi connectivity index (χ1n) is 8.31. The number of hydrogen-bond acceptors (Lipinski definition) is 5. The Morgan fingerprint density at radius 1 is 1.08 bits per heavy atom. The van der Waals surface area contributed by atoms with Crippen LogP contribution in [0.3, 0.4) is 0 Å². The van der Waals surface area contributed by atoms with Crippen LogP contribution in [0.2, 0.25) is 0 Å². The number of carbonyl (C=O) groups excluding carboxylic acids is 2. The Bertz CT molecular complexity index is 745. The summed E-state index contributed by atoms with van der Waals surface area (Å²) in [6.07, 6.45) is 1.44. The number of hydrogen-bond donors (Lipinski definition) is 2. The van der Waals surface area contributed by atoms with Gasteiger partial charge >= 0.3 is 0 Å². The summed E-state index contributed by atoms with van der Waals surface area (Å²) in [5.41, 5.74) is 0.583. The molecule has 0 radical (unpaired) electrons. The lowest BCUT2D eigenvalue weighted by Crippen LogP contribution is -2.31. The van der Waals surface area contributed by atoms with E-state index >= 15 is 0 Å². The molecule has 0 unspecified atom stereocenters. The fraction of sp³-hybridized carbons (Fsp3) is 0.316. The maximum absolute atomic E-state index is 12.2. The van der Waals surface area contributed by atoms with E-state index in [4.69, 9.17) is 9.47 Å². The monoisotopic (exact) mass is 357 g/mol. The summed E-state index contributed by atoms with van der Waals surface area (Å²) < 4.78 is 10.6. The number of benzene rings is 1. The van der Waals surface area contributed by atoms with Crippen molar-refractivity contribution in [3.05, 3.63) is 53.9 Å². The number of rotatable bonds is 8. The number of methoxy groups -OCH3 is 1. The van der Waals surface area contributed by atoms with Crippen LogP contribution in [-0.4, -0.2) is 43.1 Å². The van der Waals surface area contributed by atoms with E-state index in [0.717, 1.165) is 5.75 Å². The molecule has 7 heteroatoms. The Morgan fingerprint density at radius 2 is 1.77 bits per heavy atom. The third kappa shape index (κ3) is 5.77. The van der Waals surface area contributed by atoms with Gasteiger partial charge in [-0.25, -0.2) is 0 Å². The molecule has 0 saturated heterocycles. The molecule has 7 nitrogen and oxygen atoms in total.